The van der Waals surface area contributed by atoms with Crippen molar-refractivity contribution in [2.45, 2.75) is 57.0 Å². The highest BCUT2D eigenvalue weighted by molar-refractivity contribution is 8.14. The molecule has 1 aliphatic carbocycles. The van der Waals surface area contributed by atoms with Crippen LogP contribution in [0.1, 0.15) is 39.5 Å². The molecule has 0 spiro atoms. The Labute approximate surface area is 165 Å². The summed E-state index contributed by atoms with van der Waals surface area (Å²) in [6, 6.07) is 7.91. The van der Waals surface area contributed by atoms with E-state index in [1.54, 1.807) is 18.7 Å². The molecule has 2 aliphatic rings. The normalized spacial score (nSPS) is 25.3. The van der Waals surface area contributed by atoms with Crippen LogP contribution < -0.4 is 4.90 Å². The van der Waals surface area contributed by atoms with Gasteiger partial charge in [-0.3, -0.25) is 14.7 Å². The first-order valence-corrected chi connectivity index (χ1v) is 9.76. The number of rotatable bonds is 3. The lowest BCUT2D eigenvalue weighted by Gasteiger charge is -2.35. The first-order valence-electron chi connectivity index (χ1n) is 8.50. The zero-order chi connectivity index (χ0) is 17.3. The summed E-state index contributed by atoms with van der Waals surface area (Å²) in [4.78, 5) is 21.3. The minimum atomic E-state index is -0.0335. The third-order valence-electron chi connectivity index (χ3n) is 4.74. The predicted molar refractivity (Wildman–Crippen MR) is 110 cm³/mol. The number of halogens is 2. The average Bonchev–Trinajstić information content (AvgIpc) is 3.13. The van der Waals surface area contributed by atoms with Crippen molar-refractivity contribution in [3.05, 3.63) is 29.3 Å². The van der Waals surface area contributed by atoms with Gasteiger partial charge in [0, 0.05) is 29.9 Å². The van der Waals surface area contributed by atoms with E-state index in [1.165, 1.54) is 25.7 Å². The highest BCUT2D eigenvalue weighted by Crippen LogP contribution is 2.36. The number of hydrogen-bond acceptors (Lipinski definition) is 3. The Bertz CT molecular complexity index is 632. The maximum atomic E-state index is 12.4. The van der Waals surface area contributed by atoms with Crippen molar-refractivity contribution in [2.75, 3.05) is 11.9 Å². The van der Waals surface area contributed by atoms with Gasteiger partial charge in [0.1, 0.15) is 6.17 Å². The summed E-state index contributed by atoms with van der Waals surface area (Å²) in [6.45, 7) is 3.78. The van der Waals surface area contributed by atoms with E-state index in [1.807, 2.05) is 36.2 Å². The minimum absolute atomic E-state index is 0. The van der Waals surface area contributed by atoms with E-state index in [4.69, 9.17) is 16.6 Å². The summed E-state index contributed by atoms with van der Waals surface area (Å²) < 4.78 is 0. The first-order chi connectivity index (χ1) is 11.5. The third kappa shape index (κ3) is 4.44. The van der Waals surface area contributed by atoms with Crippen LogP contribution >= 0.6 is 35.8 Å². The van der Waals surface area contributed by atoms with E-state index in [9.17, 15) is 4.79 Å². The van der Waals surface area contributed by atoms with E-state index in [0.717, 1.165) is 10.9 Å². The Balaban J connectivity index is 0.00000225. The van der Waals surface area contributed by atoms with Gasteiger partial charge in [0.2, 0.25) is 5.91 Å². The fraction of sp³-hybridized carbons (Fsp3) is 0.556. The summed E-state index contributed by atoms with van der Waals surface area (Å²) in [5.74, 6) is 0.0312. The van der Waals surface area contributed by atoms with E-state index >= 15 is 0 Å². The molecule has 25 heavy (non-hydrogen) atoms. The van der Waals surface area contributed by atoms with Crippen molar-refractivity contribution in [2.24, 2.45) is 4.99 Å². The number of thioether (sulfide) groups is 1. The number of carbonyl (C=O) groups excluding carboxylic acids is 1. The number of amides is 1. The zero-order valence-corrected chi connectivity index (χ0v) is 17.2. The topological polar surface area (TPSA) is 35.9 Å². The van der Waals surface area contributed by atoms with Gasteiger partial charge < -0.3 is 4.90 Å². The molecule has 1 saturated heterocycles. The van der Waals surface area contributed by atoms with Gasteiger partial charge in [-0.25, -0.2) is 0 Å². The molecule has 0 N–H and O–H groups in total. The molecule has 1 saturated carbocycles. The number of carbonyl (C=O) groups is 1. The Morgan fingerprint density at radius 2 is 1.88 bits per heavy atom. The average molecular weight is 402 g/mol. The Morgan fingerprint density at radius 1 is 1.28 bits per heavy atom. The molecule has 4 nitrogen and oxygen atoms in total. The molecular formula is C18H25Cl2N3OS. The first kappa shape index (κ1) is 20.4. The molecule has 7 heteroatoms. The largest absolute Gasteiger partial charge is 0.333 e. The van der Waals surface area contributed by atoms with E-state index in [2.05, 4.69) is 11.8 Å². The van der Waals surface area contributed by atoms with Crippen molar-refractivity contribution < 1.29 is 4.79 Å². The number of anilines is 1. The Kier molecular flexibility index (Phi) is 7.06. The number of benzene rings is 1. The van der Waals surface area contributed by atoms with Gasteiger partial charge in [-0.15, -0.1) is 12.4 Å². The minimum Gasteiger partial charge on any atom is -0.333 e. The SMILES string of the molecule is CC(=O)N(c1ccc(Cl)cc1)C1C(C)SC(=NC2CCCC2)N1C.Cl. The second-order valence-corrected chi connectivity index (χ2v) is 8.34. The number of nitrogens with zero attached hydrogens (tertiary/aromatic N) is 3. The van der Waals surface area contributed by atoms with Gasteiger partial charge in [0.15, 0.2) is 5.17 Å². The number of amidine groups is 1. The van der Waals surface area contributed by atoms with Crippen molar-refractivity contribution in [3.63, 3.8) is 0 Å². The zero-order valence-electron chi connectivity index (χ0n) is 14.8. The van der Waals surface area contributed by atoms with Gasteiger partial charge in [-0.1, -0.05) is 36.2 Å². The van der Waals surface area contributed by atoms with Gasteiger partial charge in [0.25, 0.3) is 0 Å². The van der Waals surface area contributed by atoms with E-state index in [0.29, 0.717) is 11.1 Å². The second-order valence-electron chi connectivity index (χ2n) is 6.56. The summed E-state index contributed by atoms with van der Waals surface area (Å²) >= 11 is 7.76. The standard InChI is InChI=1S/C18H24ClN3OS.ClH/c1-12-17(21(3)18(24-12)20-15-6-4-5-7-15)22(13(2)23)16-10-8-14(19)9-11-16;/h8-12,15,17H,4-7H2,1-3H3;1H. The van der Waals surface area contributed by atoms with Crippen LogP contribution in [0, 0.1) is 0 Å². The summed E-state index contributed by atoms with van der Waals surface area (Å²) in [5, 5.41) is 1.99. The van der Waals surface area contributed by atoms with E-state index in [-0.39, 0.29) is 29.7 Å². The molecular weight excluding hydrogens is 377 g/mol. The smallest absolute Gasteiger partial charge is 0.225 e. The van der Waals surface area contributed by atoms with Crippen LogP contribution in [0.3, 0.4) is 0 Å². The summed E-state index contributed by atoms with van der Waals surface area (Å²) in [5.41, 5.74) is 0.873. The quantitative estimate of drug-likeness (QED) is 0.728. The molecule has 0 aromatic heterocycles. The third-order valence-corrected chi connectivity index (χ3v) is 6.21. The van der Waals surface area contributed by atoms with Crippen molar-refractivity contribution in [1.29, 1.82) is 0 Å². The second kappa shape index (κ2) is 8.65. The van der Waals surface area contributed by atoms with Crippen molar-refractivity contribution in [1.82, 2.24) is 4.90 Å². The molecule has 1 amide bonds. The van der Waals surface area contributed by atoms with Crippen LogP contribution in [0.15, 0.2) is 29.3 Å². The lowest BCUT2D eigenvalue weighted by Crippen LogP contribution is -2.50. The fourth-order valence-corrected chi connectivity index (χ4v) is 4.92. The van der Waals surface area contributed by atoms with Crippen LogP contribution in [0.5, 0.6) is 0 Å². The lowest BCUT2D eigenvalue weighted by molar-refractivity contribution is -0.117. The maximum absolute atomic E-state index is 12.4. The molecule has 1 aromatic rings. The molecule has 1 aliphatic heterocycles. The van der Waals surface area contributed by atoms with Crippen molar-refractivity contribution in [3.8, 4) is 0 Å². The fourth-order valence-electron chi connectivity index (χ4n) is 3.55. The van der Waals surface area contributed by atoms with Crippen LogP contribution in [-0.4, -0.2) is 40.5 Å². The molecule has 138 valence electrons. The van der Waals surface area contributed by atoms with E-state index < -0.39 is 0 Å². The molecule has 1 heterocycles. The summed E-state index contributed by atoms with van der Waals surface area (Å²) in [6.07, 6.45) is 4.89. The van der Waals surface area contributed by atoms with Crippen LogP contribution in [-0.2, 0) is 4.79 Å². The molecule has 0 radical (unpaired) electrons. The van der Waals surface area contributed by atoms with Gasteiger partial charge in [-0.05, 0) is 44.0 Å². The summed E-state index contributed by atoms with van der Waals surface area (Å²) in [7, 11) is 2.04. The molecule has 2 unspecified atom stereocenters. The highest BCUT2D eigenvalue weighted by Gasteiger charge is 2.40. The molecule has 2 atom stereocenters. The molecule has 3 rings (SSSR count). The van der Waals surface area contributed by atoms with Gasteiger partial charge in [-0.2, -0.15) is 0 Å². The molecule has 1 aromatic carbocycles. The number of hydrogen-bond donors (Lipinski definition) is 0. The van der Waals surface area contributed by atoms with Crippen LogP contribution in [0.25, 0.3) is 0 Å². The highest BCUT2D eigenvalue weighted by atomic mass is 35.5. The Hall–Kier alpha value is -0.910. The maximum Gasteiger partial charge on any atom is 0.225 e. The lowest BCUT2D eigenvalue weighted by atomic mass is 10.2. The molecule has 0 bridgehead atoms. The van der Waals surface area contributed by atoms with Crippen LogP contribution in [0.2, 0.25) is 5.02 Å². The van der Waals surface area contributed by atoms with Crippen molar-refractivity contribution >= 4 is 52.5 Å². The molecule has 2 fully saturated rings. The predicted octanol–water partition coefficient (Wildman–Crippen LogP) is 4.81. The van der Waals surface area contributed by atoms with Gasteiger partial charge >= 0.3 is 0 Å². The Morgan fingerprint density at radius 3 is 2.44 bits per heavy atom. The van der Waals surface area contributed by atoms with Gasteiger partial charge in [0.05, 0.1) is 6.04 Å². The monoisotopic (exact) mass is 401 g/mol. The van der Waals surface area contributed by atoms with Crippen LogP contribution in [0.4, 0.5) is 5.69 Å². The number of aliphatic imine (C=N–C) groups is 1.